The highest BCUT2D eigenvalue weighted by atomic mass is 79.9. The fraction of sp³-hybridized carbons (Fsp3) is 0.0357. The van der Waals surface area contributed by atoms with Crippen molar-refractivity contribution in [2.75, 3.05) is 0 Å². The lowest BCUT2D eigenvalue weighted by atomic mass is 10.1. The topological polar surface area (TPSA) is 126 Å². The molecule has 39 heavy (non-hydrogen) atoms. The van der Waals surface area contributed by atoms with E-state index in [0.29, 0.717) is 37.3 Å². The molecule has 0 aliphatic carbocycles. The molecule has 0 unspecified atom stereocenters. The lowest BCUT2D eigenvalue weighted by Gasteiger charge is -2.16. The number of benzene rings is 3. The van der Waals surface area contributed by atoms with Crippen LogP contribution in [-0.2, 0) is 11.3 Å². The normalized spacial score (nSPS) is 15.3. The minimum absolute atomic E-state index is 0.0459. The molecule has 0 saturated carbocycles. The number of thioether (sulfide) groups is 1. The van der Waals surface area contributed by atoms with Gasteiger partial charge in [0.25, 0.3) is 11.6 Å². The average Bonchev–Trinajstić information content (AvgIpc) is 3.50. The third-order valence-electron chi connectivity index (χ3n) is 5.74. The zero-order chi connectivity index (χ0) is 27.5. The third kappa shape index (κ3) is 5.84. The van der Waals surface area contributed by atoms with Gasteiger partial charge in [-0.05, 0) is 75.7 Å². The molecule has 1 aromatic heterocycles. The lowest BCUT2D eigenvalue weighted by Crippen LogP contribution is -2.28. The van der Waals surface area contributed by atoms with Gasteiger partial charge in [-0.2, -0.15) is 0 Å². The molecule has 0 atom stereocenters. The Kier molecular flexibility index (Phi) is 7.44. The van der Waals surface area contributed by atoms with E-state index in [1.165, 1.54) is 40.9 Å². The molecule has 0 radical (unpaired) electrons. The number of hydrogen-bond acceptors (Lipinski definition) is 7. The number of halogens is 1. The summed E-state index contributed by atoms with van der Waals surface area (Å²) in [5.41, 5.74) is 2.18. The maximum absolute atomic E-state index is 13.5. The molecular formula is C28H18BrN3O6S. The molecule has 1 amide bonds. The highest BCUT2D eigenvalue weighted by Crippen LogP contribution is 2.37. The van der Waals surface area contributed by atoms with Crippen LogP contribution in [0, 0.1) is 10.1 Å². The Labute approximate surface area is 234 Å². The summed E-state index contributed by atoms with van der Waals surface area (Å²) in [4.78, 5) is 41.8. The van der Waals surface area contributed by atoms with Crippen molar-refractivity contribution in [2.45, 2.75) is 6.54 Å². The van der Waals surface area contributed by atoms with Crippen LogP contribution in [0.4, 0.5) is 11.4 Å². The van der Waals surface area contributed by atoms with Crippen molar-refractivity contribution >= 4 is 62.2 Å². The molecule has 9 nitrogen and oxygen atoms in total. The molecule has 1 aliphatic heterocycles. The van der Waals surface area contributed by atoms with Crippen LogP contribution in [-0.4, -0.2) is 32.0 Å². The van der Waals surface area contributed by atoms with E-state index < -0.39 is 10.9 Å². The molecular weight excluding hydrogens is 586 g/mol. The summed E-state index contributed by atoms with van der Waals surface area (Å²) in [6.45, 7) is 0.202. The van der Waals surface area contributed by atoms with E-state index in [9.17, 15) is 24.8 Å². The van der Waals surface area contributed by atoms with Gasteiger partial charge in [-0.25, -0.2) is 9.79 Å². The summed E-state index contributed by atoms with van der Waals surface area (Å²) in [7, 11) is 0. The molecule has 2 heterocycles. The van der Waals surface area contributed by atoms with Crippen LogP contribution in [0.1, 0.15) is 21.7 Å². The molecule has 1 N–H and O–H groups in total. The van der Waals surface area contributed by atoms with Crippen molar-refractivity contribution in [3.8, 4) is 11.3 Å². The van der Waals surface area contributed by atoms with Crippen LogP contribution >= 0.6 is 27.7 Å². The van der Waals surface area contributed by atoms with Crippen molar-refractivity contribution in [1.82, 2.24) is 4.90 Å². The summed E-state index contributed by atoms with van der Waals surface area (Å²) < 4.78 is 6.46. The van der Waals surface area contributed by atoms with Crippen molar-refractivity contribution in [3.05, 3.63) is 121 Å². The highest BCUT2D eigenvalue weighted by molar-refractivity contribution is 9.10. The van der Waals surface area contributed by atoms with Crippen LogP contribution in [0.2, 0.25) is 0 Å². The number of rotatable bonds is 7. The summed E-state index contributed by atoms with van der Waals surface area (Å²) in [5.74, 6) is -0.388. The molecule has 1 aliphatic rings. The van der Waals surface area contributed by atoms with Crippen molar-refractivity contribution in [2.24, 2.45) is 4.99 Å². The maximum atomic E-state index is 13.5. The zero-order valence-corrected chi connectivity index (χ0v) is 22.4. The first-order valence-corrected chi connectivity index (χ1v) is 13.1. The number of furan rings is 1. The highest BCUT2D eigenvalue weighted by Gasteiger charge is 2.34. The Balaban J connectivity index is 1.44. The van der Waals surface area contributed by atoms with E-state index in [4.69, 9.17) is 4.42 Å². The minimum atomic E-state index is -1.02. The predicted molar refractivity (Wildman–Crippen MR) is 152 cm³/mol. The monoisotopic (exact) mass is 603 g/mol. The number of hydrogen-bond donors (Lipinski definition) is 1. The fourth-order valence-electron chi connectivity index (χ4n) is 3.80. The Bertz CT molecular complexity index is 1650. The van der Waals surface area contributed by atoms with Gasteiger partial charge in [0.15, 0.2) is 5.17 Å². The SMILES string of the molecule is O=C(O)c1ccc(CN2C(=O)C(=Cc3ccc(-c4ccc([N+](=O)[O-])cc4Br)o3)SC2=Nc2ccccc2)cc1. The van der Waals surface area contributed by atoms with Crippen LogP contribution in [0.5, 0.6) is 0 Å². The van der Waals surface area contributed by atoms with Crippen LogP contribution in [0.3, 0.4) is 0 Å². The minimum Gasteiger partial charge on any atom is -0.478 e. The van der Waals surface area contributed by atoms with E-state index in [0.717, 1.165) is 5.56 Å². The second-order valence-corrected chi connectivity index (χ2v) is 10.2. The first-order valence-electron chi connectivity index (χ1n) is 11.5. The molecule has 0 bridgehead atoms. The summed E-state index contributed by atoms with van der Waals surface area (Å²) >= 11 is 4.56. The van der Waals surface area contributed by atoms with Gasteiger partial charge in [0.1, 0.15) is 11.5 Å². The van der Waals surface area contributed by atoms with Gasteiger partial charge in [-0.1, -0.05) is 30.3 Å². The number of carboxylic acids is 1. The zero-order valence-electron chi connectivity index (χ0n) is 20.0. The van der Waals surface area contributed by atoms with Gasteiger partial charge in [-0.3, -0.25) is 19.8 Å². The van der Waals surface area contributed by atoms with Gasteiger partial charge in [0, 0.05) is 28.2 Å². The van der Waals surface area contributed by atoms with Crippen LogP contribution in [0.15, 0.2) is 104 Å². The summed E-state index contributed by atoms with van der Waals surface area (Å²) in [6.07, 6.45) is 1.63. The number of carbonyl (C=O) groups excluding carboxylic acids is 1. The Morgan fingerprint density at radius 2 is 1.82 bits per heavy atom. The van der Waals surface area contributed by atoms with Crippen molar-refractivity contribution < 1.29 is 24.0 Å². The van der Waals surface area contributed by atoms with Gasteiger partial charge in [0.2, 0.25) is 0 Å². The van der Waals surface area contributed by atoms with Crippen LogP contribution in [0.25, 0.3) is 17.4 Å². The largest absolute Gasteiger partial charge is 0.478 e. The number of nitrogens with zero attached hydrogens (tertiary/aromatic N) is 3. The van der Waals surface area contributed by atoms with E-state index >= 15 is 0 Å². The number of aromatic carboxylic acids is 1. The van der Waals surface area contributed by atoms with E-state index in [1.807, 2.05) is 30.3 Å². The number of carbonyl (C=O) groups is 2. The standard InChI is InChI=1S/C28H18BrN3O6S/c29-23-14-20(32(36)37)10-12-22(23)24-13-11-21(38-24)15-25-26(33)31(16-17-6-8-18(9-7-17)27(34)35)28(39-25)30-19-4-2-1-3-5-19/h1-15H,16H2,(H,34,35). The van der Waals surface area contributed by atoms with E-state index in [1.54, 1.807) is 36.4 Å². The number of carboxylic acid groups (broad SMARTS) is 1. The van der Waals surface area contributed by atoms with Crippen LogP contribution < -0.4 is 0 Å². The average molecular weight is 604 g/mol. The Morgan fingerprint density at radius 1 is 1.08 bits per heavy atom. The fourth-order valence-corrected chi connectivity index (χ4v) is 5.34. The van der Waals surface area contributed by atoms with E-state index in [2.05, 4.69) is 20.9 Å². The van der Waals surface area contributed by atoms with Gasteiger partial charge in [-0.15, -0.1) is 0 Å². The first kappa shape index (κ1) is 26.1. The number of amidine groups is 1. The predicted octanol–water partition coefficient (Wildman–Crippen LogP) is 7.12. The molecule has 4 aromatic rings. The molecule has 0 spiro atoms. The van der Waals surface area contributed by atoms with Crippen molar-refractivity contribution in [1.29, 1.82) is 0 Å². The summed E-state index contributed by atoms with van der Waals surface area (Å²) in [5, 5.41) is 20.7. The van der Waals surface area contributed by atoms with Crippen molar-refractivity contribution in [3.63, 3.8) is 0 Å². The van der Waals surface area contributed by atoms with Gasteiger partial charge in [0.05, 0.1) is 27.6 Å². The number of nitro benzene ring substituents is 1. The first-order chi connectivity index (χ1) is 18.8. The smallest absolute Gasteiger partial charge is 0.335 e. The number of aliphatic imine (C=N–C) groups is 1. The molecule has 1 fully saturated rings. The van der Waals surface area contributed by atoms with E-state index in [-0.39, 0.29) is 23.7 Å². The molecule has 1 saturated heterocycles. The molecule has 3 aromatic carbocycles. The van der Waals surface area contributed by atoms with Gasteiger partial charge >= 0.3 is 5.97 Å². The Morgan fingerprint density at radius 3 is 2.49 bits per heavy atom. The molecule has 194 valence electrons. The Hall–Kier alpha value is -4.48. The number of non-ortho nitro benzene ring substituents is 1. The number of amides is 1. The number of nitro groups is 1. The quantitative estimate of drug-likeness (QED) is 0.135. The summed E-state index contributed by atoms with van der Waals surface area (Å²) in [6, 6.07) is 23.4. The molecule has 5 rings (SSSR count). The second kappa shape index (κ2) is 11.1. The second-order valence-electron chi connectivity index (χ2n) is 8.36. The number of para-hydroxylation sites is 1. The maximum Gasteiger partial charge on any atom is 0.335 e. The lowest BCUT2D eigenvalue weighted by molar-refractivity contribution is -0.384. The van der Waals surface area contributed by atoms with Gasteiger partial charge < -0.3 is 9.52 Å². The molecule has 11 heteroatoms. The third-order valence-corrected chi connectivity index (χ3v) is 7.40.